The van der Waals surface area contributed by atoms with Gasteiger partial charge in [-0.2, -0.15) is 5.10 Å². The fourth-order valence-corrected chi connectivity index (χ4v) is 3.93. The van der Waals surface area contributed by atoms with E-state index in [1.165, 1.54) is 4.68 Å². The van der Waals surface area contributed by atoms with Gasteiger partial charge in [0.05, 0.1) is 18.6 Å². The quantitative estimate of drug-likeness (QED) is 0.622. The molecule has 168 valence electrons. The highest BCUT2D eigenvalue weighted by molar-refractivity contribution is 7.88. The maximum atomic E-state index is 12.7. The summed E-state index contributed by atoms with van der Waals surface area (Å²) in [5.41, 5.74) is 1.48. The Labute approximate surface area is 181 Å². The summed E-state index contributed by atoms with van der Waals surface area (Å²) in [4.78, 5) is 26.2. The minimum Gasteiger partial charge on any atom is -0.461 e. The number of rotatable bonds is 7. The van der Waals surface area contributed by atoms with Crippen LogP contribution in [0.4, 0.5) is 10.5 Å². The van der Waals surface area contributed by atoms with Crippen molar-refractivity contribution in [1.82, 2.24) is 19.4 Å². The van der Waals surface area contributed by atoms with E-state index in [4.69, 9.17) is 4.74 Å². The summed E-state index contributed by atoms with van der Waals surface area (Å²) >= 11 is 0. The number of sulfonamides is 1. The first-order valence-electron chi connectivity index (χ1n) is 10.1. The highest BCUT2D eigenvalue weighted by Crippen LogP contribution is 2.19. The van der Waals surface area contributed by atoms with Crippen molar-refractivity contribution in [2.45, 2.75) is 19.8 Å². The number of hydrogen-bond donors (Lipinski definition) is 2. The Morgan fingerprint density at radius 2 is 2.10 bits per heavy atom. The van der Waals surface area contributed by atoms with Crippen molar-refractivity contribution in [3.8, 4) is 5.69 Å². The Kier molecular flexibility index (Phi) is 7.29. The summed E-state index contributed by atoms with van der Waals surface area (Å²) < 4.78 is 31.6. The maximum Gasteiger partial charge on any atom is 0.358 e. The fourth-order valence-electron chi connectivity index (χ4n) is 3.40. The number of hydrogen-bond acceptors (Lipinski definition) is 6. The van der Waals surface area contributed by atoms with Gasteiger partial charge in [0.25, 0.3) is 0 Å². The van der Waals surface area contributed by atoms with Crippen molar-refractivity contribution in [1.29, 1.82) is 0 Å². The number of aromatic nitrogens is 2. The average molecular weight is 450 g/mol. The lowest BCUT2D eigenvalue weighted by molar-refractivity contribution is 0.0519. The number of anilines is 1. The van der Waals surface area contributed by atoms with Gasteiger partial charge in [-0.1, -0.05) is 6.07 Å². The van der Waals surface area contributed by atoms with Crippen LogP contribution in [0.3, 0.4) is 0 Å². The highest BCUT2D eigenvalue weighted by atomic mass is 32.2. The summed E-state index contributed by atoms with van der Waals surface area (Å²) in [5, 5.41) is 7.10. The standard InChI is InChI=1S/C20H27N5O5S/c1-3-30-19(26)18-9-11-25(23-18)17-8-4-7-16(12-17)22-20(27)24-10-5-6-15(14-24)13-21-31(2,28)29/h4,7-9,11-12,15,21H,3,5-6,10,13-14H2,1-2H3,(H,22,27). The number of urea groups is 1. The first-order chi connectivity index (χ1) is 14.7. The van der Waals surface area contributed by atoms with Gasteiger partial charge in [0.1, 0.15) is 0 Å². The molecule has 2 heterocycles. The van der Waals surface area contributed by atoms with Crippen LogP contribution in [-0.2, 0) is 14.8 Å². The Morgan fingerprint density at radius 1 is 1.29 bits per heavy atom. The number of carbonyl (C=O) groups is 2. The Hall–Kier alpha value is -2.92. The second-order valence-electron chi connectivity index (χ2n) is 7.42. The summed E-state index contributed by atoms with van der Waals surface area (Å²) in [6.07, 6.45) is 4.46. The number of benzene rings is 1. The Morgan fingerprint density at radius 3 is 2.84 bits per heavy atom. The van der Waals surface area contributed by atoms with Crippen LogP contribution in [0, 0.1) is 5.92 Å². The van der Waals surface area contributed by atoms with Crippen molar-refractivity contribution < 1.29 is 22.7 Å². The summed E-state index contributed by atoms with van der Waals surface area (Å²) in [6.45, 7) is 3.42. The second-order valence-corrected chi connectivity index (χ2v) is 9.25. The van der Waals surface area contributed by atoms with Gasteiger partial charge in [-0.25, -0.2) is 27.4 Å². The molecule has 1 aromatic carbocycles. The van der Waals surface area contributed by atoms with Crippen LogP contribution in [0.1, 0.15) is 30.3 Å². The highest BCUT2D eigenvalue weighted by Gasteiger charge is 2.24. The zero-order valence-electron chi connectivity index (χ0n) is 17.6. The molecular formula is C20H27N5O5S. The molecule has 1 aromatic heterocycles. The number of likely N-dealkylation sites (tertiary alicyclic amines) is 1. The molecule has 0 bridgehead atoms. The van der Waals surface area contributed by atoms with E-state index in [-0.39, 0.29) is 24.2 Å². The Bertz CT molecular complexity index is 1040. The van der Waals surface area contributed by atoms with Crippen LogP contribution in [0.2, 0.25) is 0 Å². The number of carbonyl (C=O) groups excluding carboxylic acids is 2. The zero-order valence-corrected chi connectivity index (χ0v) is 18.4. The van der Waals surface area contributed by atoms with E-state index in [1.54, 1.807) is 42.3 Å². The van der Waals surface area contributed by atoms with Crippen LogP contribution < -0.4 is 10.0 Å². The van der Waals surface area contributed by atoms with Gasteiger partial charge in [0.15, 0.2) is 5.69 Å². The summed E-state index contributed by atoms with van der Waals surface area (Å²) in [7, 11) is -3.25. The number of amides is 2. The van der Waals surface area contributed by atoms with E-state index < -0.39 is 16.0 Å². The maximum absolute atomic E-state index is 12.7. The number of nitrogens with one attached hydrogen (secondary N) is 2. The van der Waals surface area contributed by atoms with Gasteiger partial charge < -0.3 is 15.0 Å². The van der Waals surface area contributed by atoms with Gasteiger partial charge in [0.2, 0.25) is 10.0 Å². The van der Waals surface area contributed by atoms with Crippen LogP contribution >= 0.6 is 0 Å². The first kappa shape index (κ1) is 22.8. The predicted molar refractivity (Wildman–Crippen MR) is 116 cm³/mol. The summed E-state index contributed by atoms with van der Waals surface area (Å²) in [6, 6.07) is 8.45. The van der Waals surface area contributed by atoms with Crippen molar-refractivity contribution in [3.05, 3.63) is 42.2 Å². The van der Waals surface area contributed by atoms with E-state index in [2.05, 4.69) is 15.1 Å². The minimum atomic E-state index is -3.25. The second kappa shape index (κ2) is 9.92. The lowest BCUT2D eigenvalue weighted by Crippen LogP contribution is -2.45. The molecule has 1 unspecified atom stereocenters. The predicted octanol–water partition coefficient (Wildman–Crippen LogP) is 1.84. The number of esters is 1. The zero-order chi connectivity index (χ0) is 22.4. The Balaban J connectivity index is 1.62. The molecule has 0 radical (unpaired) electrons. The van der Waals surface area contributed by atoms with E-state index in [0.717, 1.165) is 19.1 Å². The molecule has 3 rings (SSSR count). The number of piperidine rings is 1. The monoisotopic (exact) mass is 449 g/mol. The number of ether oxygens (including phenoxy) is 1. The molecule has 0 aliphatic carbocycles. The third-order valence-electron chi connectivity index (χ3n) is 4.88. The molecule has 10 nitrogen and oxygen atoms in total. The average Bonchev–Trinajstić information content (AvgIpc) is 3.23. The van der Waals surface area contributed by atoms with Gasteiger partial charge in [-0.3, -0.25) is 0 Å². The smallest absolute Gasteiger partial charge is 0.358 e. The molecule has 1 aliphatic rings. The lowest BCUT2D eigenvalue weighted by Gasteiger charge is -2.32. The number of nitrogens with zero attached hydrogens (tertiary/aromatic N) is 3. The van der Waals surface area contributed by atoms with Crippen LogP contribution in [0.15, 0.2) is 36.5 Å². The fraction of sp³-hybridized carbons (Fsp3) is 0.450. The third-order valence-corrected chi connectivity index (χ3v) is 5.57. The molecule has 31 heavy (non-hydrogen) atoms. The topological polar surface area (TPSA) is 123 Å². The van der Waals surface area contributed by atoms with Crippen molar-refractivity contribution in [2.24, 2.45) is 5.92 Å². The molecule has 2 N–H and O–H groups in total. The van der Waals surface area contributed by atoms with Crippen molar-refractivity contribution in [2.75, 3.05) is 37.8 Å². The van der Waals surface area contributed by atoms with Crippen LogP contribution in [0.5, 0.6) is 0 Å². The van der Waals surface area contributed by atoms with Gasteiger partial charge in [0, 0.05) is 31.5 Å². The minimum absolute atomic E-state index is 0.0749. The molecule has 2 amide bonds. The molecule has 1 aliphatic heterocycles. The SMILES string of the molecule is CCOC(=O)c1ccn(-c2cccc(NC(=O)N3CCCC(CNS(C)(=O)=O)C3)c2)n1. The van der Waals surface area contributed by atoms with Crippen molar-refractivity contribution >= 4 is 27.7 Å². The molecule has 1 fully saturated rings. The van der Waals surface area contributed by atoms with Crippen LogP contribution in [0.25, 0.3) is 5.69 Å². The normalized spacial score (nSPS) is 16.7. The van der Waals surface area contributed by atoms with Gasteiger partial charge in [-0.05, 0) is 49.9 Å². The molecule has 11 heteroatoms. The van der Waals surface area contributed by atoms with E-state index in [1.807, 2.05) is 6.07 Å². The molecule has 1 atom stereocenters. The molecule has 0 saturated carbocycles. The molecule has 0 spiro atoms. The van der Waals surface area contributed by atoms with Gasteiger partial charge in [-0.15, -0.1) is 0 Å². The molecule has 1 saturated heterocycles. The van der Waals surface area contributed by atoms with Crippen molar-refractivity contribution in [3.63, 3.8) is 0 Å². The van der Waals surface area contributed by atoms with E-state index >= 15 is 0 Å². The lowest BCUT2D eigenvalue weighted by atomic mass is 9.99. The van der Waals surface area contributed by atoms with Crippen LogP contribution in [-0.4, -0.2) is 67.6 Å². The largest absolute Gasteiger partial charge is 0.461 e. The van der Waals surface area contributed by atoms with Gasteiger partial charge >= 0.3 is 12.0 Å². The first-order valence-corrected chi connectivity index (χ1v) is 12.0. The third kappa shape index (κ3) is 6.53. The summed E-state index contributed by atoms with van der Waals surface area (Å²) in [5.74, 6) is -0.415. The molecule has 2 aromatic rings. The van der Waals surface area contributed by atoms with E-state index in [0.29, 0.717) is 31.0 Å². The van der Waals surface area contributed by atoms with E-state index in [9.17, 15) is 18.0 Å². The molecular weight excluding hydrogens is 422 g/mol.